The molecule has 0 spiro atoms. The number of thioether (sulfide) groups is 1. The highest BCUT2D eigenvalue weighted by molar-refractivity contribution is 7.98. The van der Waals surface area contributed by atoms with Crippen molar-refractivity contribution >= 4 is 112 Å². The van der Waals surface area contributed by atoms with E-state index in [1.54, 1.807) is 27.0 Å². The molecule has 12 amide bonds. The summed E-state index contributed by atoms with van der Waals surface area (Å²) in [6.45, 7) is 6.31. The van der Waals surface area contributed by atoms with E-state index in [1.165, 1.54) is 23.6 Å². The summed E-state index contributed by atoms with van der Waals surface area (Å²) < 4.78 is 5.47. The van der Waals surface area contributed by atoms with Gasteiger partial charge in [-0.05, 0) is 77.4 Å². The molecule has 0 aromatic carbocycles. The number of carboxylic acid groups (broad SMARTS) is 5. The predicted octanol–water partition coefficient (Wildman–Crippen LogP) is -4.99. The van der Waals surface area contributed by atoms with E-state index in [0.29, 0.717) is 13.0 Å². The first-order chi connectivity index (χ1) is 41.8. The third-order valence-corrected chi connectivity index (χ3v) is 13.6. The van der Waals surface area contributed by atoms with Crippen molar-refractivity contribution in [2.45, 2.75) is 172 Å². The molecular weight excluding hydrogens is 1200 g/mol. The number of likely N-dealkylation sites (tertiary alicyclic amines) is 1. The highest BCUT2D eigenvalue weighted by Gasteiger charge is 2.38. The number of carbonyl (C=O) groups excluding carboxylic acids is 12. The van der Waals surface area contributed by atoms with Gasteiger partial charge in [0.25, 0.3) is 0 Å². The minimum absolute atomic E-state index is 0.123. The molecule has 0 aromatic heterocycles. The zero-order valence-corrected chi connectivity index (χ0v) is 51.2. The van der Waals surface area contributed by atoms with Crippen molar-refractivity contribution in [3.05, 3.63) is 0 Å². The first kappa shape index (κ1) is 78.3. The fourth-order valence-electron chi connectivity index (χ4n) is 8.53. The van der Waals surface area contributed by atoms with Crippen LogP contribution < -0.4 is 58.5 Å². The molecule has 1 fully saturated rings. The molecule has 16 N–H and O–H groups in total. The van der Waals surface area contributed by atoms with Gasteiger partial charge in [-0.25, -0.2) is 0 Å². The number of likely N-dealkylation sites (N-methyl/N-ethyl adjacent to an activating group) is 1. The molecule has 500 valence electrons. The maximum absolute atomic E-state index is 13.8. The maximum atomic E-state index is 13.8. The van der Waals surface area contributed by atoms with Crippen LogP contribution in [-0.2, 0) is 86.2 Å². The van der Waals surface area contributed by atoms with Crippen molar-refractivity contribution in [2.75, 3.05) is 51.4 Å². The molecule has 1 aliphatic heterocycles. The van der Waals surface area contributed by atoms with E-state index < -0.39 is 232 Å². The Morgan fingerprint density at radius 2 is 0.921 bits per heavy atom. The number of nitrogens with zero attached hydrogens (tertiary/aromatic N) is 1. The summed E-state index contributed by atoms with van der Waals surface area (Å²) in [5.74, 6) is -17.9. The molecule has 9 atom stereocenters. The van der Waals surface area contributed by atoms with Crippen molar-refractivity contribution in [2.24, 2.45) is 5.92 Å². The van der Waals surface area contributed by atoms with Gasteiger partial charge in [0, 0.05) is 64.4 Å². The van der Waals surface area contributed by atoms with E-state index in [0.717, 1.165) is 6.92 Å². The Hall–Kier alpha value is -8.70. The van der Waals surface area contributed by atoms with Gasteiger partial charge in [0.1, 0.15) is 61.0 Å². The first-order valence-electron chi connectivity index (χ1n) is 28.5. The lowest BCUT2D eigenvalue weighted by atomic mass is 10.0. The van der Waals surface area contributed by atoms with Crippen LogP contribution in [-0.4, -0.2) is 237 Å². The number of amides is 12. The molecule has 0 aliphatic carbocycles. The van der Waals surface area contributed by atoms with Gasteiger partial charge in [0.2, 0.25) is 70.9 Å². The molecule has 1 saturated heterocycles. The van der Waals surface area contributed by atoms with E-state index >= 15 is 0 Å². The molecule has 1 rings (SSSR count). The Morgan fingerprint density at radius 1 is 0.506 bits per heavy atom. The van der Waals surface area contributed by atoms with Crippen LogP contribution in [0.25, 0.3) is 0 Å². The smallest absolute Gasteiger partial charge is 0.303 e. The summed E-state index contributed by atoms with van der Waals surface area (Å²) in [7, 11) is 0. The second kappa shape index (κ2) is 41.5. The summed E-state index contributed by atoms with van der Waals surface area (Å²) in [5, 5.41) is 72.9. The van der Waals surface area contributed by atoms with Crippen molar-refractivity contribution < 1.29 is 112 Å². The molecule has 36 heteroatoms. The minimum atomic E-state index is -1.91. The Morgan fingerprint density at radius 3 is 1.33 bits per heavy atom. The van der Waals surface area contributed by atoms with Crippen molar-refractivity contribution in [3.8, 4) is 0 Å². The molecule has 0 unspecified atom stereocenters. The molecule has 1 aliphatic rings. The van der Waals surface area contributed by atoms with E-state index in [9.17, 15) is 102 Å². The fourth-order valence-corrected chi connectivity index (χ4v) is 9.10. The molecule has 0 saturated carbocycles. The van der Waals surface area contributed by atoms with Crippen LogP contribution >= 0.6 is 11.8 Å². The molecule has 89 heavy (non-hydrogen) atoms. The number of hydrogen-bond donors (Lipinski definition) is 16. The zero-order valence-electron chi connectivity index (χ0n) is 50.4. The second-order valence-electron chi connectivity index (χ2n) is 20.9. The summed E-state index contributed by atoms with van der Waals surface area (Å²) in [4.78, 5) is 217. The lowest BCUT2D eigenvalue weighted by molar-refractivity contribution is -0.142. The highest BCUT2D eigenvalue weighted by Crippen LogP contribution is 2.19. The van der Waals surface area contributed by atoms with Crippen molar-refractivity contribution in [3.63, 3.8) is 0 Å². The van der Waals surface area contributed by atoms with Crippen molar-refractivity contribution in [1.29, 1.82) is 0 Å². The van der Waals surface area contributed by atoms with Gasteiger partial charge >= 0.3 is 29.8 Å². The standard InChI is InChI=1S/C53H84N12O23S/c1-7-54-45(79)28(4)57-52(86)36(26-89-6)59-38(67)24-56-47(81)35(23-27(2)3)64-53(87)37-9-8-21-65(37)39(68)25-88-22-20-55-46(80)30(10-15-40(69)70)60-49(83)32(12-17-42(73)74)62-51(85)34(14-19-44(77)78)63-50(84)33(13-18-43(75)76)61-48(82)31(58-29(5)66)11-16-41(71)72/h27-28,30-37H,7-26H2,1-6H3,(H,54,79)(H,55,80)(H,56,81)(H,57,86)(H,58,66)(H,59,67)(H,60,83)(H,61,82)(H,62,85)(H,63,84)(H,64,87)(H,69,70)(H,71,72)(H,73,74)(H,75,76)(H,77,78)/t28-,30+,31+,32+,33+,34+,35-,36-,37-/m0/s1. The molecule has 1 heterocycles. The van der Waals surface area contributed by atoms with Gasteiger partial charge in [-0.15, -0.1) is 0 Å². The van der Waals surface area contributed by atoms with Crippen LogP contribution in [0.4, 0.5) is 0 Å². The first-order valence-corrected chi connectivity index (χ1v) is 29.9. The van der Waals surface area contributed by atoms with Crippen LogP contribution in [0.15, 0.2) is 0 Å². The normalized spacial score (nSPS) is 15.3. The predicted molar refractivity (Wildman–Crippen MR) is 309 cm³/mol. The molecular formula is C53H84N12O23S. The number of rotatable bonds is 44. The number of ether oxygens (including phenoxy) is 1. The number of carboxylic acids is 5. The number of nitrogens with one attached hydrogen (secondary N) is 11. The van der Waals surface area contributed by atoms with E-state index in [-0.39, 0.29) is 44.2 Å². The van der Waals surface area contributed by atoms with Gasteiger partial charge < -0.3 is 93.7 Å². The van der Waals surface area contributed by atoms with Gasteiger partial charge in [-0.3, -0.25) is 81.5 Å². The SMILES string of the molecule is CCNC(=O)[C@H](C)NC(=O)[C@H](CSC)NC(=O)CNC(=O)[C@H](CC(C)C)NC(=O)[C@@H]1CCCN1C(=O)COCCNC(=O)[C@@H](CCC(=O)O)NC(=O)[C@@H](CCC(=O)O)NC(=O)[C@@H](CCC(=O)O)NC(=O)[C@@H](CCC(=O)O)NC(=O)[C@@H](CCC(=O)O)NC(C)=O. The minimum Gasteiger partial charge on any atom is -0.481 e. The molecule has 0 bridgehead atoms. The summed E-state index contributed by atoms with van der Waals surface area (Å²) in [6, 6.07) is -13.0. The fraction of sp³-hybridized carbons (Fsp3) is 0.679. The van der Waals surface area contributed by atoms with Crippen molar-refractivity contribution in [1.82, 2.24) is 63.4 Å². The second-order valence-corrected chi connectivity index (χ2v) is 21.8. The van der Waals surface area contributed by atoms with Gasteiger partial charge in [-0.1, -0.05) is 13.8 Å². The third kappa shape index (κ3) is 32.2. The Balaban J connectivity index is 3.14. The number of carbonyl (C=O) groups is 17. The van der Waals surface area contributed by atoms with Gasteiger partial charge in [0.15, 0.2) is 0 Å². The van der Waals surface area contributed by atoms with E-state index in [2.05, 4.69) is 58.5 Å². The number of hydrogen-bond acceptors (Lipinski definition) is 19. The summed E-state index contributed by atoms with van der Waals surface area (Å²) >= 11 is 1.25. The van der Waals surface area contributed by atoms with Gasteiger partial charge in [-0.2, -0.15) is 11.8 Å². The van der Waals surface area contributed by atoms with Crippen LogP contribution in [0.5, 0.6) is 0 Å². The lowest BCUT2D eigenvalue weighted by Gasteiger charge is -2.27. The monoisotopic (exact) mass is 1290 g/mol. The average Bonchev–Trinajstić information content (AvgIpc) is 3.17. The molecule has 35 nitrogen and oxygen atoms in total. The number of aliphatic carboxylic acids is 5. The van der Waals surface area contributed by atoms with E-state index in [4.69, 9.17) is 9.84 Å². The Bertz CT molecular complexity index is 2540. The topological polar surface area (TPSA) is 536 Å². The quantitative estimate of drug-likeness (QED) is 0.0254. The maximum Gasteiger partial charge on any atom is 0.303 e. The Kier molecular flexibility index (Phi) is 36.5. The molecule has 0 aromatic rings. The zero-order chi connectivity index (χ0) is 67.5. The van der Waals surface area contributed by atoms with Crippen LogP contribution in [0.2, 0.25) is 0 Å². The largest absolute Gasteiger partial charge is 0.481 e. The summed E-state index contributed by atoms with van der Waals surface area (Å²) in [5.41, 5.74) is 0. The Labute approximate surface area is 515 Å². The van der Waals surface area contributed by atoms with Crippen LogP contribution in [0.3, 0.4) is 0 Å². The van der Waals surface area contributed by atoms with Gasteiger partial charge in [0.05, 0.1) is 13.2 Å². The summed E-state index contributed by atoms with van der Waals surface area (Å²) in [6.07, 6.45) is -4.51. The van der Waals surface area contributed by atoms with E-state index in [1.807, 2.05) is 0 Å². The lowest BCUT2D eigenvalue weighted by Crippen LogP contribution is -2.59. The van der Waals surface area contributed by atoms with Crippen LogP contribution in [0.1, 0.15) is 118 Å². The highest BCUT2D eigenvalue weighted by atomic mass is 32.2. The molecule has 0 radical (unpaired) electrons. The van der Waals surface area contributed by atoms with Crippen LogP contribution in [0, 0.1) is 5.92 Å². The third-order valence-electron chi connectivity index (χ3n) is 13.0. The average molecular weight is 1290 g/mol.